The van der Waals surface area contributed by atoms with E-state index in [0.717, 1.165) is 25.7 Å². The highest BCUT2D eigenvalue weighted by Crippen LogP contribution is 2.30. The molecule has 2 aromatic heterocycles. The minimum Gasteiger partial charge on any atom is -0.444 e. The van der Waals surface area contributed by atoms with Crippen LogP contribution in [0.4, 0.5) is 25.3 Å². The second kappa shape index (κ2) is 12.7. The zero-order chi connectivity index (χ0) is 29.9. The highest BCUT2D eigenvalue weighted by Gasteiger charge is 2.28. The number of morpholine rings is 1. The number of imidazole rings is 1. The van der Waals surface area contributed by atoms with Crippen molar-refractivity contribution >= 4 is 28.9 Å². The molecule has 13 heteroatoms. The lowest BCUT2D eigenvalue weighted by Crippen LogP contribution is -2.48. The standard InChI is InChI=1S/C29H39F2N7O4/c1-29(2,3)42-28(40)33-19-10-8-18(9-11-19)15-32-27-35-23(37-12-13-41-17-20(37)16-39)14-24(36-27)38-22-7-5-4-6-21(22)34-26(38)25(30)31/h4-7,14,18-20,25,39H,8-13,15-17H2,1-3H3,(H,33,40)(H,32,35,36)/t18-,19-,20-/m1/s1. The number of amides is 1. The molecule has 1 aromatic carbocycles. The SMILES string of the molecule is CC(C)(C)OC(=O)N[C@H]1CC[C@H](CNc2nc(N3CCOC[C@H]3CO)cc(-n3c(C(F)F)nc4ccccc43)n2)CC1. The first-order chi connectivity index (χ1) is 20.1. The third kappa shape index (κ3) is 7.06. The number of alkyl halides is 2. The number of ether oxygens (including phenoxy) is 2. The topological polar surface area (TPSA) is 127 Å². The molecule has 1 amide bonds. The summed E-state index contributed by atoms with van der Waals surface area (Å²) in [6, 6.07) is 8.35. The highest BCUT2D eigenvalue weighted by molar-refractivity contribution is 5.78. The predicted molar refractivity (Wildman–Crippen MR) is 154 cm³/mol. The summed E-state index contributed by atoms with van der Waals surface area (Å²) in [5, 5.41) is 16.3. The maximum Gasteiger partial charge on any atom is 0.407 e. The number of aliphatic hydroxyl groups is 1. The lowest BCUT2D eigenvalue weighted by molar-refractivity contribution is 0.0488. The fourth-order valence-electron chi connectivity index (χ4n) is 5.52. The molecule has 1 atom stereocenters. The molecule has 1 saturated carbocycles. The van der Waals surface area contributed by atoms with Gasteiger partial charge in [-0.15, -0.1) is 0 Å². The zero-order valence-corrected chi connectivity index (χ0v) is 24.2. The minimum atomic E-state index is -2.81. The van der Waals surface area contributed by atoms with Crippen molar-refractivity contribution in [1.29, 1.82) is 0 Å². The van der Waals surface area contributed by atoms with Crippen molar-refractivity contribution < 1.29 is 28.2 Å². The van der Waals surface area contributed by atoms with Crippen molar-refractivity contribution in [1.82, 2.24) is 24.8 Å². The molecule has 0 spiro atoms. The summed E-state index contributed by atoms with van der Waals surface area (Å²) in [5.41, 5.74) is 0.412. The molecule has 1 aliphatic heterocycles. The number of aliphatic hydroxyl groups excluding tert-OH is 1. The number of hydrogen-bond donors (Lipinski definition) is 3. The van der Waals surface area contributed by atoms with Crippen LogP contribution in [-0.4, -0.2) is 81.3 Å². The molecule has 0 radical (unpaired) electrons. The molecule has 42 heavy (non-hydrogen) atoms. The minimum absolute atomic E-state index is 0.0568. The van der Waals surface area contributed by atoms with E-state index in [1.807, 2.05) is 25.7 Å². The number of anilines is 2. The van der Waals surface area contributed by atoms with Gasteiger partial charge in [-0.25, -0.2) is 18.6 Å². The van der Waals surface area contributed by atoms with Gasteiger partial charge in [0, 0.05) is 25.2 Å². The molecule has 3 aromatic rings. The molecule has 5 rings (SSSR count). The lowest BCUT2D eigenvalue weighted by atomic mass is 9.86. The van der Waals surface area contributed by atoms with Gasteiger partial charge in [0.1, 0.15) is 17.2 Å². The molecular formula is C29H39F2N7O4. The third-order valence-electron chi connectivity index (χ3n) is 7.56. The van der Waals surface area contributed by atoms with Crippen molar-refractivity contribution in [3.05, 3.63) is 36.2 Å². The van der Waals surface area contributed by atoms with Crippen molar-refractivity contribution in [2.24, 2.45) is 5.92 Å². The van der Waals surface area contributed by atoms with Gasteiger partial charge in [-0.05, 0) is 64.5 Å². The number of para-hydroxylation sites is 2. The van der Waals surface area contributed by atoms with E-state index in [4.69, 9.17) is 14.5 Å². The molecule has 0 unspecified atom stereocenters. The number of nitrogens with one attached hydrogen (secondary N) is 2. The van der Waals surface area contributed by atoms with E-state index in [1.54, 1.807) is 30.3 Å². The van der Waals surface area contributed by atoms with Gasteiger partial charge in [0.05, 0.1) is 36.9 Å². The lowest BCUT2D eigenvalue weighted by Gasteiger charge is -2.35. The Labute approximate surface area is 243 Å². The van der Waals surface area contributed by atoms with Crippen LogP contribution >= 0.6 is 0 Å². The summed E-state index contributed by atoms with van der Waals surface area (Å²) in [5.74, 6) is 0.991. The molecule has 2 aliphatic rings. The molecular weight excluding hydrogens is 548 g/mol. The second-order valence-corrected chi connectivity index (χ2v) is 11.9. The molecule has 3 heterocycles. The molecule has 1 saturated heterocycles. The number of carbonyl (C=O) groups excluding carboxylic acids is 1. The van der Waals surface area contributed by atoms with E-state index in [0.29, 0.717) is 55.0 Å². The molecule has 11 nitrogen and oxygen atoms in total. The van der Waals surface area contributed by atoms with Gasteiger partial charge in [0.2, 0.25) is 5.95 Å². The first-order valence-electron chi connectivity index (χ1n) is 14.4. The van der Waals surface area contributed by atoms with Crippen LogP contribution in [0.2, 0.25) is 0 Å². The number of benzene rings is 1. The second-order valence-electron chi connectivity index (χ2n) is 11.9. The van der Waals surface area contributed by atoms with Crippen molar-refractivity contribution in [3.63, 3.8) is 0 Å². The summed E-state index contributed by atoms with van der Waals surface area (Å²) in [4.78, 5) is 27.7. The number of carbonyl (C=O) groups is 1. The van der Waals surface area contributed by atoms with E-state index in [2.05, 4.69) is 20.6 Å². The Bertz CT molecular complexity index is 1370. The van der Waals surface area contributed by atoms with E-state index >= 15 is 0 Å². The number of hydrogen-bond acceptors (Lipinski definition) is 9. The van der Waals surface area contributed by atoms with Crippen molar-refractivity contribution in [2.45, 2.75) is 70.6 Å². The normalized spacial score (nSPS) is 21.5. The maximum atomic E-state index is 14.2. The molecule has 3 N–H and O–H groups in total. The molecule has 1 aliphatic carbocycles. The average molecular weight is 588 g/mol. The van der Waals surface area contributed by atoms with Crippen molar-refractivity contribution in [3.8, 4) is 5.82 Å². The van der Waals surface area contributed by atoms with Crippen LogP contribution in [0, 0.1) is 5.92 Å². The Kier molecular flexibility index (Phi) is 9.07. The van der Waals surface area contributed by atoms with Crippen LogP contribution in [0.1, 0.15) is 58.7 Å². The van der Waals surface area contributed by atoms with Gasteiger partial charge in [-0.1, -0.05) is 12.1 Å². The number of nitrogens with zero attached hydrogens (tertiary/aromatic N) is 5. The van der Waals surface area contributed by atoms with Gasteiger partial charge >= 0.3 is 6.09 Å². The summed E-state index contributed by atoms with van der Waals surface area (Å²) < 4.78 is 40.6. The molecule has 228 valence electrons. The number of halogens is 2. The van der Waals surface area contributed by atoms with Gasteiger partial charge < -0.3 is 30.1 Å². The Hall–Kier alpha value is -3.58. The summed E-state index contributed by atoms with van der Waals surface area (Å²) in [6.45, 7) is 7.23. The first-order valence-corrected chi connectivity index (χ1v) is 14.4. The van der Waals surface area contributed by atoms with Crippen LogP contribution < -0.4 is 15.5 Å². The van der Waals surface area contributed by atoms with Crippen LogP contribution in [-0.2, 0) is 9.47 Å². The van der Waals surface area contributed by atoms with Crippen LogP contribution in [0.5, 0.6) is 0 Å². The Morgan fingerprint density at radius 1 is 1.14 bits per heavy atom. The average Bonchev–Trinajstić information content (AvgIpc) is 3.36. The van der Waals surface area contributed by atoms with Gasteiger partial charge in [0.15, 0.2) is 5.82 Å². The number of aromatic nitrogens is 4. The highest BCUT2D eigenvalue weighted by atomic mass is 19.3. The Morgan fingerprint density at radius 3 is 2.60 bits per heavy atom. The predicted octanol–water partition coefficient (Wildman–Crippen LogP) is 4.45. The van der Waals surface area contributed by atoms with Crippen LogP contribution in [0.15, 0.2) is 30.3 Å². The fourth-order valence-corrected chi connectivity index (χ4v) is 5.52. The quantitative estimate of drug-likeness (QED) is 0.350. The van der Waals surface area contributed by atoms with Crippen LogP contribution in [0.25, 0.3) is 16.9 Å². The van der Waals surface area contributed by atoms with E-state index in [9.17, 15) is 18.7 Å². The maximum absolute atomic E-state index is 14.2. The largest absolute Gasteiger partial charge is 0.444 e. The van der Waals surface area contributed by atoms with Gasteiger partial charge in [-0.2, -0.15) is 9.97 Å². The van der Waals surface area contributed by atoms with Gasteiger partial charge in [-0.3, -0.25) is 4.57 Å². The summed E-state index contributed by atoms with van der Waals surface area (Å²) >= 11 is 0. The first kappa shape index (κ1) is 29.9. The third-order valence-corrected chi connectivity index (χ3v) is 7.56. The smallest absolute Gasteiger partial charge is 0.407 e. The fraction of sp³-hybridized carbons (Fsp3) is 0.586. The van der Waals surface area contributed by atoms with Crippen molar-refractivity contribution in [2.75, 3.05) is 43.1 Å². The number of fused-ring (bicyclic) bond motifs is 1. The van der Waals surface area contributed by atoms with E-state index in [1.165, 1.54) is 4.57 Å². The monoisotopic (exact) mass is 587 g/mol. The Morgan fingerprint density at radius 2 is 1.88 bits per heavy atom. The molecule has 0 bridgehead atoms. The molecule has 2 fully saturated rings. The number of rotatable bonds is 8. The van der Waals surface area contributed by atoms with Gasteiger partial charge in [0.25, 0.3) is 6.43 Å². The summed E-state index contributed by atoms with van der Waals surface area (Å²) in [7, 11) is 0. The summed E-state index contributed by atoms with van der Waals surface area (Å²) in [6.07, 6.45) is 0.201. The zero-order valence-electron chi connectivity index (χ0n) is 24.2. The van der Waals surface area contributed by atoms with Crippen LogP contribution in [0.3, 0.4) is 0 Å². The Balaban J connectivity index is 1.36. The number of alkyl carbamates (subject to hydrolysis) is 1. The van der Waals surface area contributed by atoms with E-state index in [-0.39, 0.29) is 24.5 Å². The van der Waals surface area contributed by atoms with E-state index < -0.39 is 23.9 Å².